The number of rotatable bonds is 13. The minimum absolute atomic E-state index is 0.0722. The number of carbonyl (C=O) groups is 5. The van der Waals surface area contributed by atoms with Crippen LogP contribution in [0.25, 0.3) is 0 Å². The number of Topliss-reactive ketones (excluding diaryl/α,β-unsaturated/α-hetero) is 1. The van der Waals surface area contributed by atoms with Crippen molar-refractivity contribution in [2.24, 2.45) is 17.8 Å². The molecule has 3 aliphatic rings. The normalized spacial score (nSPS) is 37.9. The lowest BCUT2D eigenvalue weighted by molar-refractivity contribution is -0.321. The van der Waals surface area contributed by atoms with Gasteiger partial charge in [-0.3, -0.25) is 24.1 Å². The Morgan fingerprint density at radius 1 is 0.940 bits per heavy atom. The van der Waals surface area contributed by atoms with E-state index in [0.29, 0.717) is 19.4 Å². The van der Waals surface area contributed by atoms with Crippen LogP contribution in [0.3, 0.4) is 0 Å². The highest BCUT2D eigenvalue weighted by Gasteiger charge is 2.54. The number of ether oxygens (including phenoxy) is 10. The average molecular weight is 946 g/mol. The zero-order valence-electron chi connectivity index (χ0n) is 42.1. The summed E-state index contributed by atoms with van der Waals surface area (Å²) in [5, 5.41) is 0. The molecule has 4 heterocycles. The van der Waals surface area contributed by atoms with E-state index in [1.807, 2.05) is 32.7 Å². The first-order chi connectivity index (χ1) is 31.4. The van der Waals surface area contributed by atoms with Crippen LogP contribution in [-0.2, 0) is 66.5 Å². The first kappa shape index (κ1) is 55.4. The summed E-state index contributed by atoms with van der Waals surface area (Å²) in [4.78, 5) is 74.0. The highest BCUT2D eigenvalue weighted by Crippen LogP contribution is 2.42. The van der Waals surface area contributed by atoms with Crippen molar-refractivity contribution in [3.05, 3.63) is 30.4 Å². The Bertz CT molecular complexity index is 1940. The van der Waals surface area contributed by atoms with Gasteiger partial charge < -0.3 is 47.4 Å². The summed E-state index contributed by atoms with van der Waals surface area (Å²) >= 11 is 0. The number of nitrogens with zero attached hydrogens (tertiary/aromatic N) is 3. The summed E-state index contributed by atoms with van der Waals surface area (Å²) < 4.78 is 64.8. The Morgan fingerprint density at radius 3 is 2.15 bits per heavy atom. The number of hydrogen-bond acceptors (Lipinski definition) is 17. The third kappa shape index (κ3) is 13.3. The van der Waals surface area contributed by atoms with Gasteiger partial charge in [0.15, 0.2) is 36.2 Å². The Morgan fingerprint density at radius 2 is 1.58 bits per heavy atom. The van der Waals surface area contributed by atoms with Gasteiger partial charge in [-0.15, -0.1) is 12.3 Å². The van der Waals surface area contributed by atoms with Gasteiger partial charge in [-0.25, -0.2) is 14.3 Å². The molecular formula is C49H75N3O15. The molecule has 2 fully saturated rings. The third-order valence-electron chi connectivity index (χ3n) is 13.7. The van der Waals surface area contributed by atoms with Crippen molar-refractivity contribution in [2.75, 3.05) is 27.8 Å². The quantitative estimate of drug-likeness (QED) is 0.130. The minimum Gasteiger partial charge on any atom is -0.457 e. The molecule has 18 heteroatoms. The molecule has 0 N–H and O–H groups in total. The Hall–Kier alpha value is -4.22. The molecular weight excluding hydrogens is 871 g/mol. The largest absolute Gasteiger partial charge is 0.457 e. The van der Waals surface area contributed by atoms with Crippen LogP contribution in [0.4, 0.5) is 4.79 Å². The highest BCUT2D eigenvalue weighted by atomic mass is 16.7. The Balaban J connectivity index is 1.94. The molecule has 0 radical (unpaired) electrons. The predicted octanol–water partition coefficient (Wildman–Crippen LogP) is 5.81. The first-order valence-corrected chi connectivity index (χ1v) is 23.2. The van der Waals surface area contributed by atoms with Crippen LogP contribution in [0, 0.1) is 30.1 Å². The number of aromatic nitrogens is 2. The molecule has 1 aromatic rings. The van der Waals surface area contributed by atoms with Gasteiger partial charge >= 0.3 is 24.0 Å². The van der Waals surface area contributed by atoms with Gasteiger partial charge in [-0.2, -0.15) is 0 Å². The maximum Gasteiger partial charge on any atom is 0.420 e. The van der Waals surface area contributed by atoms with Gasteiger partial charge in [0, 0.05) is 71.7 Å². The number of methoxy groups -OCH3 is 2. The fraction of sp³-hybridized carbons (Fsp3) is 0.755. The standard InChI is InChI=1S/C49H75N3O15/c1-17-19-21-51(14)36-23-30(5)60-45(41(36)62-34(9)53)66-42-31(6)40(65-38-26-49(13,59-16)43(33(8)61-38)63-35(10)54)32(7)44(56)64-37(18-2)47(11,67-46(57)52-22-20-50-27-52)24-28(3)39(55)29(4)25-48(42,12)58-15/h1,20,22,24,27,29-33,36-38,40-43,45H,18-19,21,23,25-26H2,2-16H3/t29-,30-,31+,32-,33+,36+,37-,38-,40+,41-,42-,43+,45+,47+,48-,49-/m1/s1. The van der Waals surface area contributed by atoms with Gasteiger partial charge in [0.1, 0.15) is 18.0 Å². The van der Waals surface area contributed by atoms with Crippen LogP contribution < -0.4 is 0 Å². The van der Waals surface area contributed by atoms with Crippen LogP contribution in [0.1, 0.15) is 115 Å². The van der Waals surface area contributed by atoms with E-state index >= 15 is 0 Å². The maximum atomic E-state index is 14.9. The number of esters is 3. The molecule has 2 saturated heterocycles. The second-order valence-electron chi connectivity index (χ2n) is 19.1. The number of likely N-dealkylation sites (N-methyl/N-ethyl adjacent to an activating group) is 1. The average Bonchev–Trinajstić information content (AvgIpc) is 3.82. The number of allylic oxidation sites excluding steroid dienone is 1. The number of ketones is 1. The van der Waals surface area contributed by atoms with Crippen LogP contribution >= 0.6 is 0 Å². The number of carbonyl (C=O) groups excluding carboxylic acids is 5. The molecule has 0 amide bonds. The van der Waals surface area contributed by atoms with E-state index in [1.54, 1.807) is 48.5 Å². The summed E-state index contributed by atoms with van der Waals surface area (Å²) in [6, 6.07) is -0.375. The zero-order chi connectivity index (χ0) is 50.2. The summed E-state index contributed by atoms with van der Waals surface area (Å²) in [6.45, 7) is 20.6. The SMILES string of the molecule is C#CCCN(C)[C@H]1C[C@@H](C)O[C@@H](O[C@@H]2[C@@H](C)[C@H](O[C@@H]3C[C@@](C)(OC)[C@@H](OC(C)=O)[C@H](C)O3)[C@@H](C)C(=O)O[C@H](CC)[C@@](C)(OC(=O)n3ccnc3)C=C(C)C(=O)[C@H](C)C[C@@]2(C)OC)[C@@H]1OC(C)=O. The molecule has 0 spiro atoms. The lowest BCUT2D eigenvalue weighted by Gasteiger charge is -2.50. The second-order valence-corrected chi connectivity index (χ2v) is 19.1. The molecule has 0 aliphatic carbocycles. The van der Waals surface area contributed by atoms with Gasteiger partial charge in [0.25, 0.3) is 0 Å². The lowest BCUT2D eigenvalue weighted by atomic mass is 9.76. The molecule has 0 saturated carbocycles. The van der Waals surface area contributed by atoms with Crippen molar-refractivity contribution < 1.29 is 71.3 Å². The van der Waals surface area contributed by atoms with Gasteiger partial charge in [0.05, 0.1) is 42.0 Å². The summed E-state index contributed by atoms with van der Waals surface area (Å²) in [5.41, 5.74) is -3.82. The fourth-order valence-electron chi connectivity index (χ4n) is 9.97. The van der Waals surface area contributed by atoms with Crippen molar-refractivity contribution in [1.82, 2.24) is 14.5 Å². The molecule has 18 nitrogen and oxygen atoms in total. The van der Waals surface area contributed by atoms with Gasteiger partial charge in [-0.05, 0) is 86.4 Å². The zero-order valence-corrected chi connectivity index (χ0v) is 42.1. The predicted molar refractivity (Wildman–Crippen MR) is 243 cm³/mol. The highest BCUT2D eigenvalue weighted by molar-refractivity contribution is 5.96. The van der Waals surface area contributed by atoms with E-state index in [0.717, 1.165) is 4.57 Å². The van der Waals surface area contributed by atoms with Gasteiger partial charge in [-0.1, -0.05) is 20.8 Å². The number of terminal acetylenes is 1. The molecule has 0 aromatic carbocycles. The second kappa shape index (κ2) is 23.4. The van der Waals surface area contributed by atoms with Crippen LogP contribution in [0.2, 0.25) is 0 Å². The van der Waals surface area contributed by atoms with Gasteiger partial charge in [0.2, 0.25) is 0 Å². The topological polar surface area (TPSA) is 199 Å². The van der Waals surface area contributed by atoms with Crippen molar-refractivity contribution in [3.63, 3.8) is 0 Å². The van der Waals surface area contributed by atoms with E-state index in [-0.39, 0.29) is 42.8 Å². The molecule has 0 bridgehead atoms. The molecule has 0 unspecified atom stereocenters. The number of hydrogen-bond donors (Lipinski definition) is 0. The number of imidazole rings is 1. The van der Waals surface area contributed by atoms with E-state index in [2.05, 4.69) is 10.9 Å². The number of cyclic esters (lactones) is 1. The first-order valence-electron chi connectivity index (χ1n) is 23.2. The lowest BCUT2D eigenvalue weighted by Crippen LogP contribution is -2.62. The summed E-state index contributed by atoms with van der Waals surface area (Å²) in [5.74, 6) is -2.04. The minimum atomic E-state index is -1.65. The third-order valence-corrected chi connectivity index (χ3v) is 13.7. The van der Waals surface area contributed by atoms with Crippen LogP contribution in [0.15, 0.2) is 30.4 Å². The Kier molecular flexibility index (Phi) is 19.3. The maximum absolute atomic E-state index is 14.9. The Labute approximate surface area is 396 Å². The molecule has 376 valence electrons. The van der Waals surface area contributed by atoms with Crippen LogP contribution in [-0.4, -0.2) is 150 Å². The van der Waals surface area contributed by atoms with E-state index in [4.69, 9.17) is 53.8 Å². The summed E-state index contributed by atoms with van der Waals surface area (Å²) in [7, 11) is 4.91. The van der Waals surface area contributed by atoms with E-state index in [9.17, 15) is 24.0 Å². The van der Waals surface area contributed by atoms with Crippen molar-refractivity contribution in [2.45, 2.75) is 193 Å². The molecule has 67 heavy (non-hydrogen) atoms. The molecule has 1 aromatic heterocycles. The van der Waals surface area contributed by atoms with Crippen molar-refractivity contribution in [3.8, 4) is 12.3 Å². The van der Waals surface area contributed by atoms with E-state index < -0.39 is 108 Å². The molecule has 16 atom stereocenters. The van der Waals surface area contributed by atoms with E-state index in [1.165, 1.54) is 52.9 Å². The van der Waals surface area contributed by atoms with Crippen molar-refractivity contribution >= 4 is 29.8 Å². The molecule has 4 rings (SSSR count). The summed E-state index contributed by atoms with van der Waals surface area (Å²) in [6.07, 6.45) is 3.44. The van der Waals surface area contributed by atoms with Crippen molar-refractivity contribution in [1.29, 1.82) is 0 Å². The fourth-order valence-corrected chi connectivity index (χ4v) is 9.97. The smallest absolute Gasteiger partial charge is 0.420 e. The molecule has 3 aliphatic heterocycles. The monoisotopic (exact) mass is 946 g/mol. The van der Waals surface area contributed by atoms with Crippen LogP contribution in [0.5, 0.6) is 0 Å².